The number of aromatic nitrogens is 6. The molecule has 1 aliphatic heterocycles. The van der Waals surface area contributed by atoms with Crippen molar-refractivity contribution in [1.29, 1.82) is 0 Å². The summed E-state index contributed by atoms with van der Waals surface area (Å²) in [5.41, 5.74) is 1.82. The van der Waals surface area contributed by atoms with Crippen LogP contribution in [0.4, 0.5) is 10.5 Å². The zero-order chi connectivity index (χ0) is 18.6. The van der Waals surface area contributed by atoms with Gasteiger partial charge in [-0.25, -0.2) is 19.4 Å². The van der Waals surface area contributed by atoms with Crippen molar-refractivity contribution in [2.45, 2.75) is 32.2 Å². The number of nitrogens with zero attached hydrogens (tertiary/aromatic N) is 6. The number of aryl methyl sites for hydroxylation is 1. The van der Waals surface area contributed by atoms with Gasteiger partial charge in [0.05, 0.1) is 6.54 Å². The zero-order valence-electron chi connectivity index (χ0n) is 15.2. The van der Waals surface area contributed by atoms with Crippen LogP contribution in [0.25, 0.3) is 0 Å². The van der Waals surface area contributed by atoms with Gasteiger partial charge in [-0.1, -0.05) is 12.1 Å². The standard InChI is InChI=1S/C18H22N8O/c1-13-21-17(24-23-13)15-5-3-7-25(10-15)18(27)22-16-6-2-4-14(8-16)9-26-12-19-11-20-26/h2,4,6,8,11-12,15H,3,5,7,9-10H2,1H3,(H,22,27)(H,21,23,24). The highest BCUT2D eigenvalue weighted by atomic mass is 16.2. The molecule has 0 radical (unpaired) electrons. The normalized spacial score (nSPS) is 17.1. The molecule has 2 aromatic heterocycles. The number of H-pyrrole nitrogens is 1. The van der Waals surface area contributed by atoms with Crippen LogP contribution in [0.3, 0.4) is 0 Å². The van der Waals surface area contributed by atoms with Crippen LogP contribution in [-0.2, 0) is 6.54 Å². The van der Waals surface area contributed by atoms with E-state index in [4.69, 9.17) is 0 Å². The van der Waals surface area contributed by atoms with Gasteiger partial charge >= 0.3 is 6.03 Å². The SMILES string of the molecule is Cc1nc(C2CCCN(C(=O)Nc3cccc(Cn4cncn4)c3)C2)n[nH]1. The average Bonchev–Trinajstić information content (AvgIpc) is 3.34. The topological polar surface area (TPSA) is 105 Å². The van der Waals surface area contributed by atoms with Gasteiger partial charge in [0.1, 0.15) is 18.5 Å². The van der Waals surface area contributed by atoms with E-state index >= 15 is 0 Å². The van der Waals surface area contributed by atoms with Crippen molar-refractivity contribution < 1.29 is 4.79 Å². The van der Waals surface area contributed by atoms with Gasteiger partial charge in [0.2, 0.25) is 0 Å². The third kappa shape index (κ3) is 4.13. The monoisotopic (exact) mass is 366 g/mol. The van der Waals surface area contributed by atoms with Gasteiger partial charge in [-0.15, -0.1) is 0 Å². The van der Waals surface area contributed by atoms with Gasteiger partial charge in [0.15, 0.2) is 5.82 Å². The highest BCUT2D eigenvalue weighted by molar-refractivity contribution is 5.89. The molecule has 0 saturated carbocycles. The molecule has 3 aromatic rings. The number of hydrogen-bond donors (Lipinski definition) is 2. The number of rotatable bonds is 4. The Hall–Kier alpha value is -3.23. The van der Waals surface area contributed by atoms with Crippen LogP contribution >= 0.6 is 0 Å². The summed E-state index contributed by atoms with van der Waals surface area (Å²) < 4.78 is 1.75. The molecule has 9 nitrogen and oxygen atoms in total. The van der Waals surface area contributed by atoms with E-state index in [0.717, 1.165) is 42.3 Å². The fraction of sp³-hybridized carbons (Fsp3) is 0.389. The highest BCUT2D eigenvalue weighted by Gasteiger charge is 2.27. The third-order valence-corrected chi connectivity index (χ3v) is 4.68. The quantitative estimate of drug-likeness (QED) is 0.736. The summed E-state index contributed by atoms with van der Waals surface area (Å²) in [6, 6.07) is 7.68. The minimum atomic E-state index is -0.0927. The van der Waals surface area contributed by atoms with Crippen molar-refractivity contribution in [1.82, 2.24) is 34.8 Å². The Morgan fingerprint density at radius 1 is 1.41 bits per heavy atom. The smallest absolute Gasteiger partial charge is 0.321 e. The Balaban J connectivity index is 1.39. The maximum absolute atomic E-state index is 12.7. The largest absolute Gasteiger partial charge is 0.324 e. The molecule has 0 spiro atoms. The number of nitrogens with one attached hydrogen (secondary N) is 2. The summed E-state index contributed by atoms with van der Waals surface area (Å²) in [7, 11) is 0. The lowest BCUT2D eigenvalue weighted by atomic mass is 9.97. The maximum atomic E-state index is 12.7. The van der Waals surface area contributed by atoms with E-state index in [1.165, 1.54) is 6.33 Å². The van der Waals surface area contributed by atoms with Crippen molar-refractivity contribution >= 4 is 11.7 Å². The van der Waals surface area contributed by atoms with Gasteiger partial charge < -0.3 is 10.2 Å². The van der Waals surface area contributed by atoms with Crippen LogP contribution in [0, 0.1) is 6.92 Å². The second-order valence-corrected chi connectivity index (χ2v) is 6.79. The molecule has 1 unspecified atom stereocenters. The second-order valence-electron chi connectivity index (χ2n) is 6.79. The van der Waals surface area contributed by atoms with E-state index in [1.54, 1.807) is 11.0 Å². The first-order valence-corrected chi connectivity index (χ1v) is 9.03. The summed E-state index contributed by atoms with van der Waals surface area (Å²) in [6.45, 7) is 3.86. The van der Waals surface area contributed by atoms with Crippen LogP contribution in [-0.4, -0.2) is 54.0 Å². The van der Waals surface area contributed by atoms with Crippen LogP contribution < -0.4 is 5.32 Å². The van der Waals surface area contributed by atoms with Gasteiger partial charge in [-0.05, 0) is 37.5 Å². The fourth-order valence-electron chi connectivity index (χ4n) is 3.37. The first-order chi connectivity index (χ1) is 13.2. The molecular weight excluding hydrogens is 344 g/mol. The number of benzene rings is 1. The molecule has 1 saturated heterocycles. The van der Waals surface area contributed by atoms with Crippen LogP contribution in [0.2, 0.25) is 0 Å². The van der Waals surface area contributed by atoms with Gasteiger partial charge in [0, 0.05) is 24.7 Å². The van der Waals surface area contributed by atoms with E-state index in [1.807, 2.05) is 36.1 Å². The zero-order valence-corrected chi connectivity index (χ0v) is 15.2. The Morgan fingerprint density at radius 2 is 2.33 bits per heavy atom. The number of piperidine rings is 1. The molecule has 9 heteroatoms. The number of anilines is 1. The van der Waals surface area contributed by atoms with Crippen molar-refractivity contribution in [2.75, 3.05) is 18.4 Å². The molecule has 1 fully saturated rings. The number of likely N-dealkylation sites (tertiary alicyclic amines) is 1. The van der Waals surface area contributed by atoms with Gasteiger partial charge in [-0.3, -0.25) is 5.10 Å². The molecule has 27 heavy (non-hydrogen) atoms. The summed E-state index contributed by atoms with van der Waals surface area (Å²) in [4.78, 5) is 22.9. The number of urea groups is 1. The van der Waals surface area contributed by atoms with Crippen molar-refractivity contribution in [2.24, 2.45) is 0 Å². The molecular formula is C18H22N8O. The van der Waals surface area contributed by atoms with Gasteiger partial charge in [0.25, 0.3) is 0 Å². The number of carbonyl (C=O) groups is 1. The van der Waals surface area contributed by atoms with E-state index in [-0.39, 0.29) is 11.9 Å². The van der Waals surface area contributed by atoms with Crippen molar-refractivity contribution in [3.05, 3.63) is 54.1 Å². The highest BCUT2D eigenvalue weighted by Crippen LogP contribution is 2.25. The van der Waals surface area contributed by atoms with E-state index < -0.39 is 0 Å². The van der Waals surface area contributed by atoms with E-state index in [0.29, 0.717) is 13.1 Å². The van der Waals surface area contributed by atoms with Crippen LogP contribution in [0.15, 0.2) is 36.9 Å². The molecule has 140 valence electrons. The maximum Gasteiger partial charge on any atom is 0.321 e. The summed E-state index contributed by atoms with van der Waals surface area (Å²) in [5.74, 6) is 1.77. The molecule has 1 aliphatic rings. The van der Waals surface area contributed by atoms with Crippen molar-refractivity contribution in [3.63, 3.8) is 0 Å². The second kappa shape index (κ2) is 7.56. The molecule has 0 aliphatic carbocycles. The molecule has 1 aromatic carbocycles. The lowest BCUT2D eigenvalue weighted by Gasteiger charge is -2.31. The predicted octanol–water partition coefficient (Wildman–Crippen LogP) is 2.16. The average molecular weight is 366 g/mol. The van der Waals surface area contributed by atoms with Crippen LogP contribution in [0.1, 0.15) is 36.0 Å². The molecule has 3 heterocycles. The summed E-state index contributed by atoms with van der Waals surface area (Å²) in [5, 5.41) is 14.3. The molecule has 2 N–H and O–H groups in total. The van der Waals surface area contributed by atoms with Crippen LogP contribution in [0.5, 0.6) is 0 Å². The Morgan fingerprint density at radius 3 is 3.11 bits per heavy atom. The number of hydrogen-bond acceptors (Lipinski definition) is 5. The molecule has 4 rings (SSSR count). The predicted molar refractivity (Wildman–Crippen MR) is 99.3 cm³/mol. The number of aromatic amines is 1. The molecule has 0 bridgehead atoms. The van der Waals surface area contributed by atoms with Crippen molar-refractivity contribution in [3.8, 4) is 0 Å². The lowest BCUT2D eigenvalue weighted by Crippen LogP contribution is -2.41. The first-order valence-electron chi connectivity index (χ1n) is 9.03. The Labute approximate surface area is 156 Å². The summed E-state index contributed by atoms with van der Waals surface area (Å²) >= 11 is 0. The Bertz CT molecular complexity index is 904. The molecule has 2 amide bonds. The number of amides is 2. The van der Waals surface area contributed by atoms with E-state index in [2.05, 4.69) is 30.6 Å². The minimum absolute atomic E-state index is 0.0927. The third-order valence-electron chi connectivity index (χ3n) is 4.68. The first kappa shape index (κ1) is 17.2. The lowest BCUT2D eigenvalue weighted by molar-refractivity contribution is 0.191. The van der Waals surface area contributed by atoms with E-state index in [9.17, 15) is 4.79 Å². The Kier molecular flexibility index (Phi) is 4.82. The fourth-order valence-corrected chi connectivity index (χ4v) is 3.37. The summed E-state index contributed by atoms with van der Waals surface area (Å²) in [6.07, 6.45) is 5.12. The molecule has 1 atom stereocenters. The number of carbonyl (C=O) groups excluding carboxylic acids is 1. The minimum Gasteiger partial charge on any atom is -0.324 e. The van der Waals surface area contributed by atoms with Gasteiger partial charge in [-0.2, -0.15) is 10.2 Å².